The lowest BCUT2D eigenvalue weighted by molar-refractivity contribution is -0.113. The summed E-state index contributed by atoms with van der Waals surface area (Å²) in [7, 11) is 0. The Bertz CT molecular complexity index is 860. The second-order valence-electron chi connectivity index (χ2n) is 5.08. The van der Waals surface area contributed by atoms with Gasteiger partial charge in [-0.3, -0.25) is 9.69 Å². The van der Waals surface area contributed by atoms with Crippen LogP contribution in [-0.4, -0.2) is 5.91 Å². The molecule has 0 saturated heterocycles. The lowest BCUT2D eigenvalue weighted by Crippen LogP contribution is -2.25. The third-order valence-corrected chi connectivity index (χ3v) is 3.68. The molecule has 1 amide bonds. The zero-order valence-corrected chi connectivity index (χ0v) is 12.6. The third-order valence-electron chi connectivity index (χ3n) is 3.68. The molecule has 0 N–H and O–H groups in total. The van der Waals surface area contributed by atoms with Crippen LogP contribution in [0.25, 0.3) is 0 Å². The van der Waals surface area contributed by atoms with Gasteiger partial charge in [-0.2, -0.15) is 5.26 Å². The minimum absolute atomic E-state index is 0.115. The van der Waals surface area contributed by atoms with E-state index in [-0.39, 0.29) is 11.5 Å². The number of anilines is 1. The fourth-order valence-electron chi connectivity index (χ4n) is 2.44. The molecule has 0 unspecified atom stereocenters. The topological polar surface area (TPSA) is 53.3 Å². The van der Waals surface area contributed by atoms with Crippen molar-refractivity contribution >= 4 is 11.6 Å². The van der Waals surface area contributed by atoms with Gasteiger partial charge in [-0.05, 0) is 36.8 Å². The van der Waals surface area contributed by atoms with Gasteiger partial charge >= 0.3 is 0 Å². The van der Waals surface area contributed by atoms with Crippen molar-refractivity contribution in [3.63, 3.8) is 0 Å². The number of carbonyl (C=O) groups is 1. The average Bonchev–Trinajstić information content (AvgIpc) is 2.78. The van der Waals surface area contributed by atoms with Crippen molar-refractivity contribution < 1.29 is 9.53 Å². The van der Waals surface area contributed by atoms with Crippen LogP contribution in [0.15, 0.2) is 78.0 Å². The van der Waals surface area contributed by atoms with E-state index in [2.05, 4.69) is 6.58 Å². The highest BCUT2D eigenvalue weighted by Crippen LogP contribution is 2.39. The van der Waals surface area contributed by atoms with Crippen LogP contribution in [0.2, 0.25) is 0 Å². The molecule has 0 atom stereocenters. The van der Waals surface area contributed by atoms with Gasteiger partial charge in [-0.25, -0.2) is 0 Å². The first-order chi connectivity index (χ1) is 11.1. The summed E-state index contributed by atoms with van der Waals surface area (Å²) in [5, 5.41) is 9.17. The number of nitrogens with zero attached hydrogens (tertiary/aromatic N) is 2. The Kier molecular flexibility index (Phi) is 3.70. The molecule has 23 heavy (non-hydrogen) atoms. The molecule has 0 fully saturated rings. The third kappa shape index (κ3) is 2.49. The van der Waals surface area contributed by atoms with Crippen LogP contribution in [0.1, 0.15) is 6.92 Å². The molecule has 1 aliphatic rings. The van der Waals surface area contributed by atoms with Crippen LogP contribution < -0.4 is 9.64 Å². The van der Waals surface area contributed by atoms with E-state index in [1.807, 2.05) is 48.5 Å². The molecule has 4 nitrogen and oxygen atoms in total. The largest absolute Gasteiger partial charge is 0.455 e. The Morgan fingerprint density at radius 2 is 1.74 bits per heavy atom. The minimum atomic E-state index is -0.376. The number of allylic oxidation sites excluding steroid dienone is 1. The van der Waals surface area contributed by atoms with Gasteiger partial charge < -0.3 is 4.74 Å². The van der Waals surface area contributed by atoms with Gasteiger partial charge in [0.25, 0.3) is 5.91 Å². The van der Waals surface area contributed by atoms with E-state index in [0.717, 1.165) is 0 Å². The van der Waals surface area contributed by atoms with E-state index in [1.54, 1.807) is 19.1 Å². The van der Waals surface area contributed by atoms with E-state index in [1.165, 1.54) is 4.90 Å². The minimum Gasteiger partial charge on any atom is -0.455 e. The van der Waals surface area contributed by atoms with Gasteiger partial charge in [0.15, 0.2) is 5.75 Å². The summed E-state index contributed by atoms with van der Waals surface area (Å²) in [5.41, 5.74) is 1.77. The zero-order valence-electron chi connectivity index (χ0n) is 12.6. The lowest BCUT2D eigenvalue weighted by Gasteiger charge is -2.21. The van der Waals surface area contributed by atoms with E-state index >= 15 is 0 Å². The number of benzene rings is 2. The van der Waals surface area contributed by atoms with Crippen LogP contribution in [0.4, 0.5) is 5.69 Å². The van der Waals surface area contributed by atoms with Crippen molar-refractivity contribution in [2.45, 2.75) is 6.92 Å². The first-order valence-electron chi connectivity index (χ1n) is 7.10. The number of rotatable bonds is 3. The van der Waals surface area contributed by atoms with Crippen molar-refractivity contribution in [2.75, 3.05) is 4.90 Å². The normalized spacial score (nSPS) is 14.2. The fraction of sp³-hybridized carbons (Fsp3) is 0.0526. The fourth-order valence-corrected chi connectivity index (χ4v) is 2.44. The van der Waals surface area contributed by atoms with Crippen molar-refractivity contribution in [3.05, 3.63) is 78.0 Å². The molecule has 0 saturated carbocycles. The maximum Gasteiger partial charge on any atom is 0.273 e. The van der Waals surface area contributed by atoms with E-state index in [4.69, 9.17) is 10.00 Å². The molecule has 0 radical (unpaired) electrons. The summed E-state index contributed by atoms with van der Waals surface area (Å²) in [6, 6.07) is 18.5. The molecular formula is C19H14N2O2. The highest BCUT2D eigenvalue weighted by molar-refractivity contribution is 6.16. The maximum absolute atomic E-state index is 12.5. The molecule has 4 heteroatoms. The van der Waals surface area contributed by atoms with Gasteiger partial charge in [0, 0.05) is 5.70 Å². The lowest BCUT2D eigenvalue weighted by atomic mass is 10.2. The van der Waals surface area contributed by atoms with Gasteiger partial charge in [-0.1, -0.05) is 36.9 Å². The Labute approximate surface area is 134 Å². The summed E-state index contributed by atoms with van der Waals surface area (Å²) in [4.78, 5) is 13.9. The summed E-state index contributed by atoms with van der Waals surface area (Å²) < 4.78 is 5.89. The molecule has 0 spiro atoms. The highest BCUT2D eigenvalue weighted by atomic mass is 16.5. The van der Waals surface area contributed by atoms with Crippen molar-refractivity contribution in [1.82, 2.24) is 0 Å². The van der Waals surface area contributed by atoms with E-state index in [9.17, 15) is 4.79 Å². The molecule has 2 aromatic rings. The Morgan fingerprint density at radius 3 is 2.39 bits per heavy atom. The van der Waals surface area contributed by atoms with Crippen LogP contribution >= 0.6 is 0 Å². The second kappa shape index (κ2) is 5.82. The Balaban J connectivity index is 2.01. The van der Waals surface area contributed by atoms with Crippen molar-refractivity contribution in [3.8, 4) is 17.6 Å². The predicted molar refractivity (Wildman–Crippen MR) is 87.9 cm³/mol. The maximum atomic E-state index is 12.5. The molecule has 0 aromatic heterocycles. The highest BCUT2D eigenvalue weighted by Gasteiger charge is 2.34. The summed E-state index contributed by atoms with van der Waals surface area (Å²) in [5.74, 6) is 0.821. The SMILES string of the molecule is C=C1C(C)=C(C#N)C(=O)N1c1ccccc1Oc1ccccc1. The predicted octanol–water partition coefficient (Wildman–Crippen LogP) is 4.18. The molecular weight excluding hydrogens is 288 g/mol. The van der Waals surface area contributed by atoms with Gasteiger partial charge in [0.1, 0.15) is 17.4 Å². The smallest absolute Gasteiger partial charge is 0.273 e. The molecule has 0 aliphatic carbocycles. The monoisotopic (exact) mass is 302 g/mol. The zero-order chi connectivity index (χ0) is 16.4. The average molecular weight is 302 g/mol. The number of ether oxygens (including phenoxy) is 1. The van der Waals surface area contributed by atoms with Crippen LogP contribution in [0.3, 0.4) is 0 Å². The van der Waals surface area contributed by atoms with E-state index < -0.39 is 0 Å². The number of para-hydroxylation sites is 3. The first kappa shape index (κ1) is 14.6. The second-order valence-corrected chi connectivity index (χ2v) is 5.08. The quantitative estimate of drug-likeness (QED) is 0.854. The van der Waals surface area contributed by atoms with Gasteiger partial charge in [0.2, 0.25) is 0 Å². The van der Waals surface area contributed by atoms with Crippen molar-refractivity contribution in [1.29, 1.82) is 5.26 Å². The standard InChI is InChI=1S/C19H14N2O2/c1-13-14(2)21(19(22)16(13)12-20)17-10-6-7-11-18(17)23-15-8-4-3-5-9-15/h3-11H,2H2,1H3. The van der Waals surface area contributed by atoms with Crippen LogP contribution in [-0.2, 0) is 4.79 Å². The Morgan fingerprint density at radius 1 is 1.09 bits per heavy atom. The van der Waals surface area contributed by atoms with E-state index in [0.29, 0.717) is 28.5 Å². The van der Waals surface area contributed by atoms with Crippen LogP contribution in [0, 0.1) is 11.3 Å². The Hall–Kier alpha value is -3.32. The summed E-state index contributed by atoms with van der Waals surface area (Å²) in [6.07, 6.45) is 0. The number of amides is 1. The van der Waals surface area contributed by atoms with Gasteiger partial charge in [0.05, 0.1) is 5.69 Å². The van der Waals surface area contributed by atoms with Crippen LogP contribution in [0.5, 0.6) is 11.5 Å². The first-order valence-corrected chi connectivity index (χ1v) is 7.10. The molecule has 112 valence electrons. The number of hydrogen-bond donors (Lipinski definition) is 0. The summed E-state index contributed by atoms with van der Waals surface area (Å²) in [6.45, 7) is 5.65. The molecule has 1 heterocycles. The number of carbonyl (C=O) groups excluding carboxylic acids is 1. The molecule has 0 bridgehead atoms. The van der Waals surface area contributed by atoms with Crippen molar-refractivity contribution in [2.24, 2.45) is 0 Å². The molecule has 2 aromatic carbocycles. The van der Waals surface area contributed by atoms with Gasteiger partial charge in [-0.15, -0.1) is 0 Å². The molecule has 3 rings (SSSR count). The molecule has 1 aliphatic heterocycles. The number of hydrogen-bond acceptors (Lipinski definition) is 3. The summed E-state index contributed by atoms with van der Waals surface area (Å²) >= 11 is 0. The number of nitriles is 1.